The largest absolute Gasteiger partial charge is 0.339 e. The van der Waals surface area contributed by atoms with E-state index in [-0.39, 0.29) is 30.9 Å². The third-order valence-electron chi connectivity index (χ3n) is 1.85. The molecule has 0 fully saturated rings. The molecule has 0 bridgehead atoms. The van der Waals surface area contributed by atoms with Gasteiger partial charge in [-0.15, -0.1) is 0 Å². The van der Waals surface area contributed by atoms with Gasteiger partial charge in [-0.05, 0) is 19.4 Å². The molecule has 0 aliphatic heterocycles. The van der Waals surface area contributed by atoms with Crippen molar-refractivity contribution in [2.45, 2.75) is 32.2 Å². The quantitative estimate of drug-likeness (QED) is 0.394. The maximum absolute atomic E-state index is 11.2. The van der Waals surface area contributed by atoms with Gasteiger partial charge in [-0.2, -0.15) is 0 Å². The number of carbonyl (C=O) groups excluding carboxylic acids is 2. The predicted octanol–water partition coefficient (Wildman–Crippen LogP) is -1.35. The van der Waals surface area contributed by atoms with E-state index in [0.717, 1.165) is 12.8 Å². The molecule has 0 radical (unpaired) electrons. The number of nitrogens with two attached hydrogens (primary N) is 2. The van der Waals surface area contributed by atoms with Crippen molar-refractivity contribution in [3.8, 4) is 0 Å². The van der Waals surface area contributed by atoms with Crippen LogP contribution in [0.25, 0.3) is 0 Å². The Balaban J connectivity index is 3.50. The first kappa shape index (κ1) is 13.9. The van der Waals surface area contributed by atoms with Gasteiger partial charge in [-0.25, -0.2) is 0 Å². The third kappa shape index (κ3) is 9.17. The summed E-state index contributed by atoms with van der Waals surface area (Å²) >= 11 is 0. The molecule has 0 aromatic rings. The molecule has 6 heteroatoms. The monoisotopic (exact) mass is 216 g/mol. The van der Waals surface area contributed by atoms with Gasteiger partial charge in [-0.1, -0.05) is 0 Å². The van der Waals surface area contributed by atoms with Crippen LogP contribution in [0.1, 0.15) is 26.2 Å². The van der Waals surface area contributed by atoms with Crippen LogP contribution in [0.5, 0.6) is 0 Å². The first-order valence-electron chi connectivity index (χ1n) is 5.03. The van der Waals surface area contributed by atoms with Crippen molar-refractivity contribution in [1.82, 2.24) is 10.6 Å². The number of carbonyl (C=O) groups is 2. The summed E-state index contributed by atoms with van der Waals surface area (Å²) < 4.78 is 0. The molecule has 1 atom stereocenters. The summed E-state index contributed by atoms with van der Waals surface area (Å²) in [6.07, 6.45) is 1.82. The highest BCUT2D eigenvalue weighted by Crippen LogP contribution is 1.97. The molecule has 0 aliphatic rings. The van der Waals surface area contributed by atoms with Crippen LogP contribution in [0, 0.1) is 0 Å². The van der Waals surface area contributed by atoms with Crippen LogP contribution < -0.4 is 22.1 Å². The molecule has 6 nitrogen and oxygen atoms in total. The number of hydrogen-bond donors (Lipinski definition) is 4. The van der Waals surface area contributed by atoms with E-state index in [9.17, 15) is 9.59 Å². The predicted molar refractivity (Wildman–Crippen MR) is 57.7 cm³/mol. The highest BCUT2D eigenvalue weighted by atomic mass is 16.2. The molecular formula is C9H20N4O2. The third-order valence-corrected chi connectivity index (χ3v) is 1.85. The van der Waals surface area contributed by atoms with Crippen LogP contribution in [0.2, 0.25) is 0 Å². The molecule has 0 spiro atoms. The molecule has 0 aromatic heterocycles. The Kier molecular flexibility index (Phi) is 7.57. The normalized spacial score (nSPS) is 11.9. The van der Waals surface area contributed by atoms with Crippen molar-refractivity contribution in [3.63, 3.8) is 0 Å². The van der Waals surface area contributed by atoms with Crippen molar-refractivity contribution >= 4 is 11.8 Å². The average molecular weight is 216 g/mol. The van der Waals surface area contributed by atoms with Crippen LogP contribution in [0.4, 0.5) is 0 Å². The molecule has 0 heterocycles. The second-order valence-corrected chi connectivity index (χ2v) is 3.40. The first-order valence-corrected chi connectivity index (χ1v) is 5.03. The average Bonchev–Trinajstić information content (AvgIpc) is 2.14. The van der Waals surface area contributed by atoms with Crippen molar-refractivity contribution in [3.05, 3.63) is 0 Å². The van der Waals surface area contributed by atoms with E-state index in [2.05, 4.69) is 10.6 Å². The fourth-order valence-electron chi connectivity index (χ4n) is 1.06. The molecule has 0 rings (SSSR count). The van der Waals surface area contributed by atoms with Gasteiger partial charge in [-0.3, -0.25) is 9.59 Å². The second-order valence-electron chi connectivity index (χ2n) is 3.40. The molecule has 0 saturated carbocycles. The van der Waals surface area contributed by atoms with E-state index in [1.807, 2.05) is 0 Å². The van der Waals surface area contributed by atoms with Gasteiger partial charge >= 0.3 is 0 Å². The Morgan fingerprint density at radius 3 is 2.53 bits per heavy atom. The molecule has 0 aromatic carbocycles. The standard InChI is InChI=1S/C9H20N4O2/c1-7(14)12-6-13-9(15)5-8(11)3-2-4-10/h8H,2-6,10-11H2,1H3,(H,12,14)(H,13,15)/t8-/m1/s1. The van der Waals surface area contributed by atoms with Crippen LogP contribution >= 0.6 is 0 Å². The highest BCUT2D eigenvalue weighted by Gasteiger charge is 2.08. The molecule has 15 heavy (non-hydrogen) atoms. The zero-order valence-electron chi connectivity index (χ0n) is 9.08. The van der Waals surface area contributed by atoms with Crippen molar-refractivity contribution < 1.29 is 9.59 Å². The van der Waals surface area contributed by atoms with E-state index >= 15 is 0 Å². The van der Waals surface area contributed by atoms with Gasteiger partial charge in [0.2, 0.25) is 11.8 Å². The molecule has 88 valence electrons. The highest BCUT2D eigenvalue weighted by molar-refractivity contribution is 5.77. The minimum absolute atomic E-state index is 0.151. The summed E-state index contributed by atoms with van der Waals surface area (Å²) in [5.74, 6) is -0.337. The SMILES string of the molecule is CC(=O)NCNC(=O)C[C@H](N)CCCN. The van der Waals surface area contributed by atoms with E-state index in [4.69, 9.17) is 11.5 Å². The molecule has 0 aliphatic carbocycles. The number of amides is 2. The van der Waals surface area contributed by atoms with Crippen LogP contribution in [0.3, 0.4) is 0 Å². The number of hydrogen-bond acceptors (Lipinski definition) is 4. The fraction of sp³-hybridized carbons (Fsp3) is 0.778. The maximum Gasteiger partial charge on any atom is 0.222 e. The molecule has 2 amide bonds. The Bertz CT molecular complexity index is 208. The minimum atomic E-state index is -0.178. The van der Waals surface area contributed by atoms with E-state index in [1.165, 1.54) is 6.92 Å². The lowest BCUT2D eigenvalue weighted by molar-refractivity contribution is -0.122. The summed E-state index contributed by atoms with van der Waals surface area (Å²) in [6, 6.07) is -0.161. The lowest BCUT2D eigenvalue weighted by Crippen LogP contribution is -2.38. The van der Waals surface area contributed by atoms with E-state index < -0.39 is 0 Å². The van der Waals surface area contributed by atoms with Gasteiger partial charge in [0.1, 0.15) is 0 Å². The van der Waals surface area contributed by atoms with Crippen molar-refractivity contribution in [2.24, 2.45) is 11.5 Å². The van der Waals surface area contributed by atoms with Gasteiger partial charge < -0.3 is 22.1 Å². The lowest BCUT2D eigenvalue weighted by Gasteiger charge is -2.11. The summed E-state index contributed by atoms with van der Waals surface area (Å²) in [6.45, 7) is 2.12. The Morgan fingerprint density at radius 2 is 2.00 bits per heavy atom. The summed E-state index contributed by atoms with van der Waals surface area (Å²) in [5, 5.41) is 5.00. The summed E-state index contributed by atoms with van der Waals surface area (Å²) in [7, 11) is 0. The van der Waals surface area contributed by atoms with Crippen LogP contribution in [-0.4, -0.2) is 31.1 Å². The first-order chi connectivity index (χ1) is 7.06. The molecule has 0 unspecified atom stereocenters. The fourth-order valence-corrected chi connectivity index (χ4v) is 1.06. The Morgan fingerprint density at radius 1 is 1.33 bits per heavy atom. The Labute approximate surface area is 89.8 Å². The van der Waals surface area contributed by atoms with Gasteiger partial charge in [0.25, 0.3) is 0 Å². The summed E-state index contributed by atoms with van der Waals surface area (Å²) in [5.41, 5.74) is 11.0. The van der Waals surface area contributed by atoms with Gasteiger partial charge in [0, 0.05) is 19.4 Å². The van der Waals surface area contributed by atoms with Gasteiger partial charge in [0.05, 0.1) is 6.67 Å². The number of rotatable bonds is 7. The number of nitrogens with one attached hydrogen (secondary N) is 2. The summed E-state index contributed by atoms with van der Waals surface area (Å²) in [4.78, 5) is 21.7. The molecule has 6 N–H and O–H groups in total. The van der Waals surface area contributed by atoms with E-state index in [0.29, 0.717) is 6.54 Å². The van der Waals surface area contributed by atoms with Crippen molar-refractivity contribution in [2.75, 3.05) is 13.2 Å². The smallest absolute Gasteiger partial charge is 0.222 e. The van der Waals surface area contributed by atoms with Crippen molar-refractivity contribution in [1.29, 1.82) is 0 Å². The van der Waals surface area contributed by atoms with Crippen LogP contribution in [-0.2, 0) is 9.59 Å². The zero-order chi connectivity index (χ0) is 11.7. The van der Waals surface area contributed by atoms with Gasteiger partial charge in [0.15, 0.2) is 0 Å². The minimum Gasteiger partial charge on any atom is -0.339 e. The maximum atomic E-state index is 11.2. The zero-order valence-corrected chi connectivity index (χ0v) is 9.08. The lowest BCUT2D eigenvalue weighted by atomic mass is 10.1. The van der Waals surface area contributed by atoms with Crippen LogP contribution in [0.15, 0.2) is 0 Å². The topological polar surface area (TPSA) is 110 Å². The van der Waals surface area contributed by atoms with E-state index in [1.54, 1.807) is 0 Å². The molecule has 0 saturated heterocycles. The molecular weight excluding hydrogens is 196 g/mol. The second kappa shape index (κ2) is 8.19. The Hall–Kier alpha value is -1.14.